The number of carbonyl (C=O) groups is 1. The summed E-state index contributed by atoms with van der Waals surface area (Å²) in [7, 11) is 1.82. The number of hydrogen-bond acceptors (Lipinski definition) is 2. The van der Waals surface area contributed by atoms with Crippen molar-refractivity contribution >= 4 is 23.2 Å². The van der Waals surface area contributed by atoms with Gasteiger partial charge < -0.3 is 10.6 Å². The second kappa shape index (κ2) is 5.72. The topological polar surface area (TPSA) is 46.3 Å². The van der Waals surface area contributed by atoms with Gasteiger partial charge in [-0.05, 0) is 49.9 Å². The van der Waals surface area contributed by atoms with Gasteiger partial charge in [-0.15, -0.1) is 0 Å². The fourth-order valence-electron chi connectivity index (χ4n) is 2.43. The molecule has 0 saturated heterocycles. The fraction of sp³-hybridized carbons (Fsp3) is 0.500. The molecule has 1 fully saturated rings. The number of benzene rings is 1. The molecular weight excluding hydrogens is 248 g/mol. The van der Waals surface area contributed by atoms with Gasteiger partial charge in [0.15, 0.2) is 0 Å². The molecule has 2 rings (SSSR count). The Kier molecular flexibility index (Phi) is 4.25. The molecular formula is C14H19ClN2O. The van der Waals surface area contributed by atoms with Crippen molar-refractivity contribution in [2.45, 2.75) is 31.7 Å². The summed E-state index contributed by atoms with van der Waals surface area (Å²) < 4.78 is 0. The Balaban J connectivity index is 2.02. The smallest absolute Gasteiger partial charge is 0.229 e. The van der Waals surface area contributed by atoms with Crippen LogP contribution in [-0.4, -0.2) is 19.0 Å². The van der Waals surface area contributed by atoms with Crippen molar-refractivity contribution in [2.24, 2.45) is 11.7 Å². The van der Waals surface area contributed by atoms with Crippen molar-refractivity contribution in [3.8, 4) is 0 Å². The number of nitrogens with zero attached hydrogens (tertiary/aromatic N) is 1. The van der Waals surface area contributed by atoms with Gasteiger partial charge in [0, 0.05) is 29.7 Å². The van der Waals surface area contributed by atoms with Gasteiger partial charge in [-0.25, -0.2) is 0 Å². The summed E-state index contributed by atoms with van der Waals surface area (Å²) in [6.07, 6.45) is 3.70. The molecule has 98 valence electrons. The molecule has 4 heteroatoms. The summed E-state index contributed by atoms with van der Waals surface area (Å²) in [6.45, 7) is 0. The Morgan fingerprint density at radius 1 is 1.22 bits per heavy atom. The zero-order chi connectivity index (χ0) is 13.1. The quantitative estimate of drug-likeness (QED) is 0.895. The van der Waals surface area contributed by atoms with Crippen LogP contribution in [0.25, 0.3) is 0 Å². The molecule has 0 heterocycles. The van der Waals surface area contributed by atoms with Crippen LogP contribution < -0.4 is 10.6 Å². The zero-order valence-corrected chi connectivity index (χ0v) is 11.4. The molecule has 0 radical (unpaired) electrons. The van der Waals surface area contributed by atoms with E-state index < -0.39 is 0 Å². The van der Waals surface area contributed by atoms with E-state index in [1.165, 1.54) is 0 Å². The SMILES string of the molecule is CN(C(=O)C1CCC(N)CC1)c1ccc(Cl)cc1. The number of halogens is 1. The predicted octanol–water partition coefficient (Wildman–Crippen LogP) is 2.82. The Morgan fingerprint density at radius 3 is 2.33 bits per heavy atom. The van der Waals surface area contributed by atoms with Gasteiger partial charge in [0.2, 0.25) is 5.91 Å². The standard InChI is InChI=1S/C14H19ClN2O/c1-17(13-8-4-11(15)5-9-13)14(18)10-2-6-12(16)7-3-10/h4-5,8-10,12H,2-3,6-7,16H2,1H3. The average Bonchev–Trinajstić information content (AvgIpc) is 2.39. The molecule has 1 saturated carbocycles. The van der Waals surface area contributed by atoms with Crippen LogP contribution in [0.3, 0.4) is 0 Å². The first-order valence-corrected chi connectivity index (χ1v) is 6.74. The van der Waals surface area contributed by atoms with E-state index in [2.05, 4.69) is 0 Å². The van der Waals surface area contributed by atoms with Gasteiger partial charge >= 0.3 is 0 Å². The van der Waals surface area contributed by atoms with Gasteiger partial charge in [0.1, 0.15) is 0 Å². The molecule has 0 aromatic heterocycles. The Hall–Kier alpha value is -1.06. The highest BCUT2D eigenvalue weighted by molar-refractivity contribution is 6.30. The number of carbonyl (C=O) groups excluding carboxylic acids is 1. The lowest BCUT2D eigenvalue weighted by atomic mass is 9.85. The Labute approximate surface area is 113 Å². The predicted molar refractivity (Wildman–Crippen MR) is 74.8 cm³/mol. The lowest BCUT2D eigenvalue weighted by molar-refractivity contribution is -0.123. The van der Waals surface area contributed by atoms with Crippen LogP contribution in [-0.2, 0) is 4.79 Å². The largest absolute Gasteiger partial charge is 0.328 e. The molecule has 1 aromatic carbocycles. The second-order valence-corrected chi connectivity index (χ2v) is 5.42. The van der Waals surface area contributed by atoms with Crippen molar-refractivity contribution in [3.63, 3.8) is 0 Å². The van der Waals surface area contributed by atoms with Crippen molar-refractivity contribution in [2.75, 3.05) is 11.9 Å². The minimum Gasteiger partial charge on any atom is -0.328 e. The third-order valence-electron chi connectivity index (χ3n) is 3.67. The van der Waals surface area contributed by atoms with E-state index in [0.717, 1.165) is 31.4 Å². The Morgan fingerprint density at radius 2 is 1.78 bits per heavy atom. The molecule has 1 aliphatic carbocycles. The van der Waals surface area contributed by atoms with Crippen molar-refractivity contribution in [1.29, 1.82) is 0 Å². The summed E-state index contributed by atoms with van der Waals surface area (Å²) in [5.41, 5.74) is 6.75. The summed E-state index contributed by atoms with van der Waals surface area (Å²) in [5.74, 6) is 0.301. The monoisotopic (exact) mass is 266 g/mol. The molecule has 0 aliphatic heterocycles. The summed E-state index contributed by atoms with van der Waals surface area (Å²) >= 11 is 5.84. The van der Waals surface area contributed by atoms with Gasteiger partial charge in [-0.2, -0.15) is 0 Å². The van der Waals surface area contributed by atoms with E-state index in [-0.39, 0.29) is 17.9 Å². The molecule has 1 aromatic rings. The minimum absolute atomic E-state index is 0.116. The molecule has 2 N–H and O–H groups in total. The lowest BCUT2D eigenvalue weighted by Gasteiger charge is -2.29. The van der Waals surface area contributed by atoms with Gasteiger partial charge in [-0.3, -0.25) is 4.79 Å². The van der Waals surface area contributed by atoms with Gasteiger partial charge in [0.05, 0.1) is 0 Å². The maximum Gasteiger partial charge on any atom is 0.229 e. The first-order chi connectivity index (χ1) is 8.58. The van der Waals surface area contributed by atoms with Crippen LogP contribution in [0.4, 0.5) is 5.69 Å². The number of anilines is 1. The van der Waals surface area contributed by atoms with E-state index in [1.54, 1.807) is 17.0 Å². The minimum atomic E-state index is 0.116. The van der Waals surface area contributed by atoms with Crippen molar-refractivity contribution in [1.82, 2.24) is 0 Å². The highest BCUT2D eigenvalue weighted by atomic mass is 35.5. The van der Waals surface area contributed by atoms with Gasteiger partial charge in [-0.1, -0.05) is 11.6 Å². The molecule has 0 unspecified atom stereocenters. The number of amides is 1. The third-order valence-corrected chi connectivity index (χ3v) is 3.92. The van der Waals surface area contributed by atoms with Crippen LogP contribution in [0.1, 0.15) is 25.7 Å². The third kappa shape index (κ3) is 3.03. The molecule has 0 spiro atoms. The van der Waals surface area contributed by atoms with E-state index in [4.69, 9.17) is 17.3 Å². The maximum absolute atomic E-state index is 12.3. The van der Waals surface area contributed by atoms with Crippen LogP contribution in [0.2, 0.25) is 5.02 Å². The number of nitrogens with two attached hydrogens (primary N) is 1. The van der Waals surface area contributed by atoms with Crippen molar-refractivity contribution in [3.05, 3.63) is 29.3 Å². The second-order valence-electron chi connectivity index (χ2n) is 4.99. The normalized spacial score (nSPS) is 23.7. The van der Waals surface area contributed by atoms with Crippen LogP contribution in [0.5, 0.6) is 0 Å². The molecule has 18 heavy (non-hydrogen) atoms. The molecule has 1 amide bonds. The van der Waals surface area contributed by atoms with Crippen LogP contribution in [0, 0.1) is 5.92 Å². The molecule has 0 atom stereocenters. The van der Waals surface area contributed by atoms with Gasteiger partial charge in [0.25, 0.3) is 0 Å². The molecule has 1 aliphatic rings. The highest BCUT2D eigenvalue weighted by Gasteiger charge is 2.27. The van der Waals surface area contributed by atoms with E-state index in [1.807, 2.05) is 19.2 Å². The van der Waals surface area contributed by atoms with Crippen LogP contribution in [0.15, 0.2) is 24.3 Å². The van der Waals surface area contributed by atoms with E-state index >= 15 is 0 Å². The maximum atomic E-state index is 12.3. The molecule has 3 nitrogen and oxygen atoms in total. The fourth-order valence-corrected chi connectivity index (χ4v) is 2.56. The first-order valence-electron chi connectivity index (χ1n) is 6.36. The Bertz CT molecular complexity index is 410. The average molecular weight is 267 g/mol. The lowest BCUT2D eigenvalue weighted by Crippen LogP contribution is -2.37. The summed E-state index contributed by atoms with van der Waals surface area (Å²) in [5, 5.41) is 0.684. The summed E-state index contributed by atoms with van der Waals surface area (Å²) in [4.78, 5) is 14.1. The highest BCUT2D eigenvalue weighted by Crippen LogP contribution is 2.27. The van der Waals surface area contributed by atoms with E-state index in [0.29, 0.717) is 5.02 Å². The summed E-state index contributed by atoms with van der Waals surface area (Å²) in [6, 6.07) is 7.62. The van der Waals surface area contributed by atoms with Crippen molar-refractivity contribution < 1.29 is 4.79 Å². The van der Waals surface area contributed by atoms with Crippen LogP contribution >= 0.6 is 11.6 Å². The zero-order valence-electron chi connectivity index (χ0n) is 10.6. The van der Waals surface area contributed by atoms with E-state index in [9.17, 15) is 4.79 Å². The molecule has 0 bridgehead atoms. The first kappa shape index (κ1) is 13.4. The number of rotatable bonds is 2. The number of hydrogen-bond donors (Lipinski definition) is 1.